The number of hydrogen-bond donors (Lipinski definition) is 2. The number of nitrogens with zero attached hydrogens (tertiary/aromatic N) is 2. The number of carbonyl (C=O) groups is 1. The molecule has 0 unspecified atom stereocenters. The summed E-state index contributed by atoms with van der Waals surface area (Å²) < 4.78 is 42.1. The summed E-state index contributed by atoms with van der Waals surface area (Å²) in [5, 5.41) is 9.42. The fourth-order valence-electron chi connectivity index (χ4n) is 2.14. The van der Waals surface area contributed by atoms with Gasteiger partial charge in [0.25, 0.3) is 0 Å². The van der Waals surface area contributed by atoms with Gasteiger partial charge in [0.05, 0.1) is 0 Å². The second-order valence-electron chi connectivity index (χ2n) is 5.25. The largest absolute Gasteiger partial charge is 0.573 e. The highest BCUT2D eigenvalue weighted by Gasteiger charge is 2.30. The number of halogens is 3. The van der Waals surface area contributed by atoms with Crippen molar-refractivity contribution in [3.8, 4) is 5.75 Å². The molecule has 0 fully saturated rings. The van der Waals surface area contributed by atoms with Crippen LogP contribution in [0.2, 0.25) is 0 Å². The minimum atomic E-state index is -4.73. The zero-order valence-electron chi connectivity index (χ0n) is 13.4. The number of rotatable bonds is 7. The van der Waals surface area contributed by atoms with E-state index in [1.807, 2.05) is 6.92 Å². The van der Waals surface area contributed by atoms with Gasteiger partial charge in [-0.05, 0) is 36.3 Å². The van der Waals surface area contributed by atoms with Crippen LogP contribution in [0.1, 0.15) is 24.7 Å². The second kappa shape index (κ2) is 8.15. The first-order chi connectivity index (χ1) is 11.8. The molecule has 0 radical (unpaired) electrons. The number of hydrogen-bond acceptors (Lipinski definition) is 4. The molecule has 6 nitrogen and oxygen atoms in total. The van der Waals surface area contributed by atoms with Crippen LogP contribution < -0.4 is 10.1 Å². The predicted molar refractivity (Wildman–Crippen MR) is 86.4 cm³/mol. The lowest BCUT2D eigenvalue weighted by Gasteiger charge is -2.10. The summed E-state index contributed by atoms with van der Waals surface area (Å²) in [6.07, 6.45) is -3.16. The first-order valence-corrected chi connectivity index (χ1v) is 7.95. The van der Waals surface area contributed by atoms with Gasteiger partial charge in [-0.1, -0.05) is 19.1 Å². The lowest BCUT2D eigenvalue weighted by atomic mass is 10.2. The van der Waals surface area contributed by atoms with Gasteiger partial charge >= 0.3 is 6.36 Å². The van der Waals surface area contributed by atoms with Gasteiger partial charge in [0.1, 0.15) is 18.1 Å². The Morgan fingerprint density at radius 3 is 2.64 bits per heavy atom. The maximum absolute atomic E-state index is 12.1. The zero-order chi connectivity index (χ0) is 18.4. The molecule has 0 aliphatic carbocycles. The summed E-state index contributed by atoms with van der Waals surface area (Å²) in [7, 11) is 0. The SMILES string of the molecule is CCCc1n[nH]c(=S)n1CC(=O)NCc1ccc(OC(F)(F)F)cc1. The van der Waals surface area contributed by atoms with Crippen LogP contribution >= 0.6 is 12.2 Å². The Bertz CT molecular complexity index is 768. The topological polar surface area (TPSA) is 71.9 Å². The summed E-state index contributed by atoms with van der Waals surface area (Å²) in [6.45, 7) is 2.20. The summed E-state index contributed by atoms with van der Waals surface area (Å²) in [5.41, 5.74) is 0.646. The van der Waals surface area contributed by atoms with Crippen LogP contribution in [0.3, 0.4) is 0 Å². The van der Waals surface area contributed by atoms with Crippen molar-refractivity contribution in [3.63, 3.8) is 0 Å². The lowest BCUT2D eigenvalue weighted by molar-refractivity contribution is -0.274. The number of aromatic amines is 1. The van der Waals surface area contributed by atoms with Gasteiger partial charge < -0.3 is 10.1 Å². The van der Waals surface area contributed by atoms with E-state index in [2.05, 4.69) is 20.3 Å². The third kappa shape index (κ3) is 5.89. The Hall–Kier alpha value is -2.36. The van der Waals surface area contributed by atoms with Crippen molar-refractivity contribution in [2.75, 3.05) is 0 Å². The number of benzene rings is 1. The molecule has 25 heavy (non-hydrogen) atoms. The summed E-state index contributed by atoms with van der Waals surface area (Å²) in [4.78, 5) is 12.1. The molecule has 0 aliphatic rings. The third-order valence-corrected chi connectivity index (χ3v) is 3.57. The fraction of sp³-hybridized carbons (Fsp3) is 0.400. The van der Waals surface area contributed by atoms with Gasteiger partial charge in [0, 0.05) is 13.0 Å². The molecular weight excluding hydrogens is 357 g/mol. The second-order valence-corrected chi connectivity index (χ2v) is 5.64. The van der Waals surface area contributed by atoms with Crippen molar-refractivity contribution in [1.29, 1.82) is 0 Å². The predicted octanol–water partition coefficient (Wildman–Crippen LogP) is 3.11. The molecule has 2 rings (SSSR count). The monoisotopic (exact) mass is 374 g/mol. The van der Waals surface area contributed by atoms with Gasteiger partial charge in [0.15, 0.2) is 4.77 Å². The molecular formula is C15H17F3N4O2S. The molecule has 136 valence electrons. The molecule has 0 atom stereocenters. The van der Waals surface area contributed by atoms with Crippen molar-refractivity contribution in [1.82, 2.24) is 20.1 Å². The number of amides is 1. The molecule has 10 heteroatoms. The molecule has 0 aliphatic heterocycles. The van der Waals surface area contributed by atoms with Crippen LogP contribution in [0.25, 0.3) is 0 Å². The van der Waals surface area contributed by atoms with Crippen LogP contribution in [-0.4, -0.2) is 27.0 Å². The number of aryl methyl sites for hydroxylation is 1. The Kier molecular flexibility index (Phi) is 6.18. The highest BCUT2D eigenvalue weighted by Crippen LogP contribution is 2.22. The van der Waals surface area contributed by atoms with Crippen molar-refractivity contribution in [3.05, 3.63) is 40.4 Å². The first-order valence-electron chi connectivity index (χ1n) is 7.54. The van der Waals surface area contributed by atoms with E-state index >= 15 is 0 Å². The average Bonchev–Trinajstić information content (AvgIpc) is 2.86. The van der Waals surface area contributed by atoms with Crippen molar-refractivity contribution < 1.29 is 22.7 Å². The molecule has 0 saturated carbocycles. The van der Waals surface area contributed by atoms with Gasteiger partial charge in [-0.15, -0.1) is 13.2 Å². The Morgan fingerprint density at radius 1 is 1.36 bits per heavy atom. The zero-order valence-corrected chi connectivity index (χ0v) is 14.2. The smallest absolute Gasteiger partial charge is 0.406 e. The van der Waals surface area contributed by atoms with Gasteiger partial charge in [-0.3, -0.25) is 14.5 Å². The first kappa shape index (κ1) is 19.0. The molecule has 1 amide bonds. The van der Waals surface area contributed by atoms with Crippen molar-refractivity contribution in [2.45, 2.75) is 39.2 Å². The van der Waals surface area contributed by atoms with Crippen LogP contribution in [0.15, 0.2) is 24.3 Å². The van der Waals surface area contributed by atoms with Crippen LogP contribution in [0.5, 0.6) is 5.75 Å². The lowest BCUT2D eigenvalue weighted by Crippen LogP contribution is -2.28. The molecule has 0 saturated heterocycles. The minimum absolute atomic E-state index is 0.0277. The number of ether oxygens (including phenoxy) is 1. The molecule has 1 aromatic carbocycles. The normalized spacial score (nSPS) is 11.4. The standard InChI is InChI=1S/C15H17F3N4O2S/c1-2-3-12-20-21-14(25)22(12)9-13(23)19-8-10-4-6-11(7-5-10)24-15(16,17)18/h4-7H,2-3,8-9H2,1H3,(H,19,23)(H,21,25). The minimum Gasteiger partial charge on any atom is -0.406 e. The van der Waals surface area contributed by atoms with Gasteiger partial charge in [0.2, 0.25) is 5.91 Å². The summed E-state index contributed by atoms with van der Waals surface area (Å²) in [5.74, 6) is 0.123. The average molecular weight is 374 g/mol. The Morgan fingerprint density at radius 2 is 2.04 bits per heavy atom. The van der Waals surface area contributed by atoms with E-state index in [4.69, 9.17) is 12.2 Å². The maximum Gasteiger partial charge on any atom is 0.573 e. The summed E-state index contributed by atoms with van der Waals surface area (Å²) in [6, 6.07) is 5.29. The Labute approximate surface area is 147 Å². The van der Waals surface area contributed by atoms with Gasteiger partial charge in [-0.25, -0.2) is 0 Å². The van der Waals surface area contributed by atoms with Gasteiger partial charge in [-0.2, -0.15) is 5.10 Å². The van der Waals surface area contributed by atoms with E-state index in [1.54, 1.807) is 4.57 Å². The van der Waals surface area contributed by atoms with Crippen LogP contribution in [-0.2, 0) is 24.3 Å². The molecule has 0 spiro atoms. The van der Waals surface area contributed by atoms with E-state index in [9.17, 15) is 18.0 Å². The number of aromatic nitrogens is 3. The third-order valence-electron chi connectivity index (χ3n) is 3.26. The number of H-pyrrole nitrogens is 1. The molecule has 0 bridgehead atoms. The van der Waals surface area contributed by atoms with E-state index < -0.39 is 6.36 Å². The molecule has 1 heterocycles. The quantitative estimate of drug-likeness (QED) is 0.731. The van der Waals surface area contributed by atoms with Crippen molar-refractivity contribution in [2.24, 2.45) is 0 Å². The molecule has 2 N–H and O–H groups in total. The molecule has 1 aromatic heterocycles. The van der Waals surface area contributed by atoms with Crippen LogP contribution in [0.4, 0.5) is 13.2 Å². The number of alkyl halides is 3. The molecule has 2 aromatic rings. The highest BCUT2D eigenvalue weighted by atomic mass is 32.1. The van der Waals surface area contributed by atoms with Crippen molar-refractivity contribution >= 4 is 18.1 Å². The van der Waals surface area contributed by atoms with E-state index in [-0.39, 0.29) is 24.7 Å². The van der Waals surface area contributed by atoms with Crippen LogP contribution in [0, 0.1) is 4.77 Å². The number of nitrogens with one attached hydrogen (secondary N) is 2. The maximum atomic E-state index is 12.1. The highest BCUT2D eigenvalue weighted by molar-refractivity contribution is 7.71. The number of carbonyl (C=O) groups excluding carboxylic acids is 1. The van der Waals surface area contributed by atoms with E-state index in [0.717, 1.165) is 6.42 Å². The van der Waals surface area contributed by atoms with E-state index in [1.165, 1.54) is 24.3 Å². The summed E-state index contributed by atoms with van der Waals surface area (Å²) >= 11 is 5.10. The fourth-order valence-corrected chi connectivity index (χ4v) is 2.35. The Balaban J connectivity index is 1.90. The van der Waals surface area contributed by atoms with E-state index in [0.29, 0.717) is 22.6 Å².